The van der Waals surface area contributed by atoms with E-state index >= 15 is 0 Å². The van der Waals surface area contributed by atoms with Crippen molar-refractivity contribution in [2.75, 3.05) is 0 Å². The number of hydrogen-bond donors (Lipinski definition) is 0. The van der Waals surface area contributed by atoms with Crippen LogP contribution in [0.3, 0.4) is 0 Å². The fraction of sp³-hybridized carbons (Fsp3) is 0.357. The van der Waals surface area contributed by atoms with Crippen molar-refractivity contribution < 1.29 is 0 Å². The van der Waals surface area contributed by atoms with Gasteiger partial charge in [0.2, 0.25) is 0 Å². The Morgan fingerprint density at radius 1 is 1.30 bits per heavy atom. The molecule has 0 atom stereocenters. The third-order valence-electron chi connectivity index (χ3n) is 3.17. The molecule has 3 aromatic heterocycles. The van der Waals surface area contributed by atoms with Gasteiger partial charge in [0.1, 0.15) is 16.3 Å². The van der Waals surface area contributed by atoms with Gasteiger partial charge in [-0.25, -0.2) is 15.0 Å². The quantitative estimate of drug-likeness (QED) is 0.692. The number of aryl methyl sites for hydroxylation is 2. The van der Waals surface area contributed by atoms with Gasteiger partial charge in [-0.1, -0.05) is 6.92 Å². The molecule has 6 heteroatoms. The zero-order valence-corrected chi connectivity index (χ0v) is 13.0. The minimum Gasteiger partial charge on any atom is -0.305 e. The van der Waals surface area contributed by atoms with Crippen LogP contribution < -0.4 is 0 Å². The summed E-state index contributed by atoms with van der Waals surface area (Å²) in [5, 5.41) is 1.07. The van der Waals surface area contributed by atoms with E-state index in [1.165, 1.54) is 4.88 Å². The van der Waals surface area contributed by atoms with Crippen molar-refractivity contribution in [1.29, 1.82) is 0 Å². The van der Waals surface area contributed by atoms with Crippen LogP contribution in [-0.4, -0.2) is 19.5 Å². The number of aromatic nitrogens is 4. The topological polar surface area (TPSA) is 43.6 Å². The highest BCUT2D eigenvalue weighted by Gasteiger charge is 2.13. The average molecular weight is 307 g/mol. The maximum Gasteiger partial charge on any atom is 0.160 e. The smallest absolute Gasteiger partial charge is 0.160 e. The van der Waals surface area contributed by atoms with Gasteiger partial charge in [0, 0.05) is 16.8 Å². The first kappa shape index (κ1) is 13.5. The summed E-state index contributed by atoms with van der Waals surface area (Å²) in [5.41, 5.74) is 2.75. The summed E-state index contributed by atoms with van der Waals surface area (Å²) < 4.78 is 2.06. The van der Waals surface area contributed by atoms with Gasteiger partial charge in [-0.15, -0.1) is 22.9 Å². The van der Waals surface area contributed by atoms with Crippen molar-refractivity contribution in [3.05, 3.63) is 39.7 Å². The van der Waals surface area contributed by atoms with Crippen LogP contribution >= 0.6 is 22.9 Å². The Labute approximate surface area is 126 Å². The third kappa shape index (κ3) is 2.43. The minimum atomic E-state index is 0.376. The normalized spacial score (nSPS) is 11.3. The van der Waals surface area contributed by atoms with Crippen molar-refractivity contribution >= 4 is 34.1 Å². The Kier molecular flexibility index (Phi) is 3.72. The summed E-state index contributed by atoms with van der Waals surface area (Å²) >= 11 is 7.75. The van der Waals surface area contributed by atoms with Gasteiger partial charge in [0.05, 0.1) is 12.4 Å². The molecule has 3 heterocycles. The van der Waals surface area contributed by atoms with Crippen LogP contribution in [0.4, 0.5) is 0 Å². The van der Waals surface area contributed by atoms with Crippen LogP contribution in [0, 0.1) is 6.92 Å². The van der Waals surface area contributed by atoms with E-state index in [1.54, 1.807) is 11.3 Å². The highest BCUT2D eigenvalue weighted by molar-refractivity contribution is 7.11. The molecule has 0 N–H and O–H groups in total. The summed E-state index contributed by atoms with van der Waals surface area (Å²) in [6.45, 7) is 4.80. The van der Waals surface area contributed by atoms with E-state index in [2.05, 4.69) is 26.4 Å². The van der Waals surface area contributed by atoms with Gasteiger partial charge >= 0.3 is 0 Å². The lowest BCUT2D eigenvalue weighted by molar-refractivity contribution is 0.764. The molecule has 0 fully saturated rings. The number of pyridine rings is 1. The van der Waals surface area contributed by atoms with E-state index in [9.17, 15) is 0 Å². The second-order valence-corrected chi connectivity index (χ2v) is 6.08. The van der Waals surface area contributed by atoms with Crippen LogP contribution in [0.5, 0.6) is 0 Å². The zero-order valence-electron chi connectivity index (χ0n) is 11.4. The molecule has 0 bridgehead atoms. The lowest BCUT2D eigenvalue weighted by Crippen LogP contribution is -2.04. The fourth-order valence-electron chi connectivity index (χ4n) is 2.13. The third-order valence-corrected chi connectivity index (χ3v) is 4.54. The van der Waals surface area contributed by atoms with Crippen molar-refractivity contribution in [2.24, 2.45) is 0 Å². The highest BCUT2D eigenvalue weighted by atomic mass is 35.5. The predicted molar refractivity (Wildman–Crippen MR) is 82.4 cm³/mol. The maximum atomic E-state index is 6.01. The molecule has 0 aliphatic carbocycles. The number of nitrogens with zero attached hydrogens (tertiary/aromatic N) is 4. The van der Waals surface area contributed by atoms with Gasteiger partial charge in [0.25, 0.3) is 0 Å². The van der Waals surface area contributed by atoms with E-state index in [0.717, 1.165) is 34.1 Å². The molecule has 3 aromatic rings. The SMILES string of the molecule is CCc1cnc(Cn2c(CCl)nc3ccc(C)nc32)s1. The van der Waals surface area contributed by atoms with Crippen LogP contribution in [0.15, 0.2) is 18.3 Å². The standard InChI is InChI=1S/C14H15ClN4S/c1-3-10-7-16-13(20-10)8-19-12(6-15)18-11-5-4-9(2)17-14(11)19/h4-5,7H,3,6,8H2,1-2H3. The van der Waals surface area contributed by atoms with Crippen LogP contribution in [0.25, 0.3) is 11.2 Å². The zero-order chi connectivity index (χ0) is 14.1. The van der Waals surface area contributed by atoms with Crippen molar-refractivity contribution in [2.45, 2.75) is 32.7 Å². The molecule has 0 unspecified atom stereocenters. The van der Waals surface area contributed by atoms with Gasteiger partial charge in [-0.05, 0) is 25.5 Å². The molecule has 4 nitrogen and oxygen atoms in total. The van der Waals surface area contributed by atoms with Crippen molar-refractivity contribution in [1.82, 2.24) is 19.5 Å². The molecule has 0 spiro atoms. The number of halogens is 1. The largest absolute Gasteiger partial charge is 0.305 e. The Hall–Kier alpha value is -1.46. The number of hydrogen-bond acceptors (Lipinski definition) is 4. The lowest BCUT2D eigenvalue weighted by atomic mass is 10.3. The fourth-order valence-corrected chi connectivity index (χ4v) is 3.19. The van der Waals surface area contributed by atoms with Gasteiger partial charge in [-0.3, -0.25) is 0 Å². The molecule has 0 aliphatic rings. The molecule has 0 aromatic carbocycles. The number of rotatable bonds is 4. The predicted octanol–water partition coefficient (Wildman–Crippen LogP) is 3.55. The molecule has 104 valence electrons. The Bertz CT molecular complexity index is 747. The maximum absolute atomic E-state index is 6.01. The van der Waals surface area contributed by atoms with E-state index in [1.807, 2.05) is 25.3 Å². The van der Waals surface area contributed by atoms with Crippen LogP contribution in [-0.2, 0) is 18.8 Å². The first-order chi connectivity index (χ1) is 9.71. The first-order valence-corrected chi connectivity index (χ1v) is 7.88. The number of thiazole rings is 1. The summed E-state index contributed by atoms with van der Waals surface area (Å²) in [7, 11) is 0. The van der Waals surface area contributed by atoms with Gasteiger partial charge < -0.3 is 4.57 Å². The lowest BCUT2D eigenvalue weighted by Gasteiger charge is -2.04. The molecule has 0 saturated carbocycles. The summed E-state index contributed by atoms with van der Waals surface area (Å²) in [6.07, 6.45) is 2.96. The molecule has 0 radical (unpaired) electrons. The molecular weight excluding hydrogens is 292 g/mol. The second kappa shape index (κ2) is 5.50. The molecule has 3 rings (SSSR count). The Morgan fingerprint density at radius 2 is 2.15 bits per heavy atom. The number of fused-ring (bicyclic) bond motifs is 1. The van der Waals surface area contributed by atoms with Gasteiger partial charge in [0.15, 0.2) is 5.65 Å². The molecule has 0 amide bonds. The Balaban J connectivity index is 2.06. The van der Waals surface area contributed by atoms with E-state index in [4.69, 9.17) is 11.6 Å². The van der Waals surface area contributed by atoms with E-state index in [-0.39, 0.29) is 0 Å². The van der Waals surface area contributed by atoms with Crippen molar-refractivity contribution in [3.63, 3.8) is 0 Å². The van der Waals surface area contributed by atoms with E-state index < -0.39 is 0 Å². The number of alkyl halides is 1. The average Bonchev–Trinajstić information content (AvgIpc) is 3.04. The highest BCUT2D eigenvalue weighted by Crippen LogP contribution is 2.20. The summed E-state index contributed by atoms with van der Waals surface area (Å²) in [6, 6.07) is 3.96. The molecule has 0 aliphatic heterocycles. The summed E-state index contributed by atoms with van der Waals surface area (Å²) in [4.78, 5) is 14.9. The Morgan fingerprint density at radius 3 is 2.85 bits per heavy atom. The molecule has 20 heavy (non-hydrogen) atoms. The minimum absolute atomic E-state index is 0.376. The first-order valence-electron chi connectivity index (χ1n) is 6.53. The van der Waals surface area contributed by atoms with E-state index in [0.29, 0.717) is 12.4 Å². The molecular formula is C14H15ClN4S. The number of imidazole rings is 1. The van der Waals surface area contributed by atoms with Gasteiger partial charge in [-0.2, -0.15) is 0 Å². The second-order valence-electron chi connectivity index (χ2n) is 4.62. The summed E-state index contributed by atoms with van der Waals surface area (Å²) in [5.74, 6) is 1.22. The van der Waals surface area contributed by atoms with Crippen molar-refractivity contribution in [3.8, 4) is 0 Å². The molecule has 0 saturated heterocycles. The van der Waals surface area contributed by atoms with Crippen LogP contribution in [0.2, 0.25) is 0 Å². The van der Waals surface area contributed by atoms with Crippen LogP contribution in [0.1, 0.15) is 28.3 Å². The monoisotopic (exact) mass is 306 g/mol.